The summed E-state index contributed by atoms with van der Waals surface area (Å²) in [6.07, 6.45) is 0. The average molecular weight is 414 g/mol. The van der Waals surface area contributed by atoms with Gasteiger partial charge in [0.2, 0.25) is 0 Å². The molecule has 30 heavy (non-hydrogen) atoms. The summed E-state index contributed by atoms with van der Waals surface area (Å²) in [7, 11) is -2.53. The van der Waals surface area contributed by atoms with Crippen molar-refractivity contribution < 1.29 is 14.3 Å². The molecule has 1 atom stereocenters. The molecule has 0 saturated carbocycles. The fraction of sp³-hybridized carbons (Fsp3) is 0.0769. The van der Waals surface area contributed by atoms with Gasteiger partial charge < -0.3 is 14.3 Å². The second kappa shape index (κ2) is 9.23. The van der Waals surface area contributed by atoms with Crippen molar-refractivity contribution in [1.29, 1.82) is 0 Å². The quantitative estimate of drug-likeness (QED) is 0.343. The summed E-state index contributed by atoms with van der Waals surface area (Å²) in [6.45, 7) is 2.19. The van der Waals surface area contributed by atoms with Gasteiger partial charge in [-0.15, -0.1) is 0 Å². The van der Waals surface area contributed by atoms with Gasteiger partial charge in [0, 0.05) is 11.5 Å². The monoisotopic (exact) mass is 414 g/mol. The van der Waals surface area contributed by atoms with Crippen LogP contribution in [0.1, 0.15) is 24.0 Å². The highest BCUT2D eigenvalue weighted by Gasteiger charge is 2.22. The normalized spacial score (nSPS) is 12.0. The number of benzene rings is 4. The molecule has 0 aromatic heterocycles. The summed E-state index contributed by atoms with van der Waals surface area (Å²) in [5, 5.41) is 0. The summed E-state index contributed by atoms with van der Waals surface area (Å²) < 4.78 is 5.48. The molecule has 3 nitrogen and oxygen atoms in total. The lowest BCUT2D eigenvalue weighted by atomic mass is 9.82. The van der Waals surface area contributed by atoms with Crippen LogP contribution in [0.4, 0.5) is 0 Å². The third-order valence-electron chi connectivity index (χ3n) is 5.27. The number of hydrogen-bond acceptors (Lipinski definition) is 3. The number of hydrogen-bond donors (Lipinski definition) is 2. The highest BCUT2D eigenvalue weighted by Crippen LogP contribution is 2.47. The summed E-state index contributed by atoms with van der Waals surface area (Å²) >= 11 is 0. The Hall–Kier alpha value is -2.97. The van der Waals surface area contributed by atoms with Gasteiger partial charge in [-0.3, -0.25) is 0 Å². The van der Waals surface area contributed by atoms with E-state index in [-0.39, 0.29) is 5.92 Å². The summed E-state index contributed by atoms with van der Waals surface area (Å²) in [4.78, 5) is 19.2. The molecule has 0 aliphatic heterocycles. The van der Waals surface area contributed by atoms with Gasteiger partial charge in [-0.25, -0.2) is 0 Å². The van der Waals surface area contributed by atoms with Crippen LogP contribution in [0.25, 0.3) is 22.3 Å². The topological polar surface area (TPSA) is 49.7 Å². The van der Waals surface area contributed by atoms with Crippen LogP contribution in [0.15, 0.2) is 103 Å². The molecule has 1 unspecified atom stereocenters. The smallest absolute Gasteiger partial charge is 0.391 e. The maximum absolute atomic E-state index is 9.59. The van der Waals surface area contributed by atoms with Gasteiger partial charge in [0.25, 0.3) is 0 Å². The third kappa shape index (κ3) is 4.29. The van der Waals surface area contributed by atoms with Gasteiger partial charge in [-0.05, 0) is 33.9 Å². The fourth-order valence-electron chi connectivity index (χ4n) is 3.85. The minimum Gasteiger partial charge on any atom is -0.426 e. The van der Waals surface area contributed by atoms with E-state index in [0.717, 1.165) is 27.8 Å². The highest BCUT2D eigenvalue weighted by atomic mass is 31.2. The van der Waals surface area contributed by atoms with Gasteiger partial charge in [0.1, 0.15) is 5.75 Å². The van der Waals surface area contributed by atoms with E-state index in [1.165, 1.54) is 5.56 Å². The van der Waals surface area contributed by atoms with Gasteiger partial charge in [0.05, 0.1) is 0 Å². The van der Waals surface area contributed by atoms with E-state index in [1.807, 2.05) is 78.9 Å². The first-order valence-corrected chi connectivity index (χ1v) is 11.0. The van der Waals surface area contributed by atoms with Gasteiger partial charge in [-0.1, -0.05) is 104 Å². The summed E-state index contributed by atoms with van der Waals surface area (Å²) in [5.74, 6) is 0.600. The molecule has 4 rings (SSSR count). The lowest BCUT2D eigenvalue weighted by molar-refractivity contribution is 0.375. The van der Waals surface area contributed by atoms with Crippen molar-refractivity contribution in [3.8, 4) is 28.0 Å². The van der Waals surface area contributed by atoms with Gasteiger partial charge >= 0.3 is 8.60 Å². The van der Waals surface area contributed by atoms with Crippen LogP contribution in [0.3, 0.4) is 0 Å². The second-order valence-corrected chi connectivity index (χ2v) is 7.80. The molecular weight excluding hydrogens is 391 g/mol. The van der Waals surface area contributed by atoms with E-state index < -0.39 is 8.60 Å². The van der Waals surface area contributed by atoms with E-state index in [2.05, 4.69) is 31.2 Å². The molecule has 0 fully saturated rings. The third-order valence-corrected chi connectivity index (χ3v) is 5.63. The van der Waals surface area contributed by atoms with Crippen molar-refractivity contribution >= 4 is 8.60 Å². The molecule has 0 radical (unpaired) electrons. The Morgan fingerprint density at radius 1 is 0.633 bits per heavy atom. The van der Waals surface area contributed by atoms with Gasteiger partial charge in [0.15, 0.2) is 0 Å². The first-order chi connectivity index (χ1) is 14.6. The standard InChI is InChI=1S/C26H23O3P/c1-19(20-11-5-2-6-12-20)23-17-18-24(29-30(27)28)26(22-15-9-4-10-16-22)25(23)21-13-7-3-8-14-21/h2-19,27-28H,1H3. The van der Waals surface area contributed by atoms with Crippen molar-refractivity contribution in [2.45, 2.75) is 12.8 Å². The molecule has 0 bridgehead atoms. The molecule has 0 spiro atoms. The second-order valence-electron chi connectivity index (χ2n) is 7.11. The maximum atomic E-state index is 9.59. The van der Waals surface area contributed by atoms with E-state index in [9.17, 15) is 9.79 Å². The van der Waals surface area contributed by atoms with Crippen LogP contribution in [-0.4, -0.2) is 9.79 Å². The maximum Gasteiger partial charge on any atom is 0.391 e. The minimum atomic E-state index is -2.53. The first kappa shape index (κ1) is 20.3. The summed E-state index contributed by atoms with van der Waals surface area (Å²) in [6, 6.07) is 34.4. The molecule has 0 aliphatic rings. The van der Waals surface area contributed by atoms with Crippen LogP contribution >= 0.6 is 8.60 Å². The molecule has 150 valence electrons. The minimum absolute atomic E-state index is 0.141. The van der Waals surface area contributed by atoms with E-state index >= 15 is 0 Å². The van der Waals surface area contributed by atoms with Crippen molar-refractivity contribution in [1.82, 2.24) is 0 Å². The Morgan fingerprint density at radius 2 is 1.13 bits per heavy atom. The molecule has 0 heterocycles. The Balaban J connectivity index is 2.02. The highest BCUT2D eigenvalue weighted by molar-refractivity contribution is 7.39. The van der Waals surface area contributed by atoms with Crippen LogP contribution in [-0.2, 0) is 0 Å². The zero-order valence-electron chi connectivity index (χ0n) is 16.6. The molecule has 4 aromatic rings. The largest absolute Gasteiger partial charge is 0.426 e. The number of rotatable bonds is 6. The molecule has 0 saturated heterocycles. The molecule has 0 aliphatic carbocycles. The van der Waals surface area contributed by atoms with E-state index in [1.54, 1.807) is 0 Å². The summed E-state index contributed by atoms with van der Waals surface area (Å²) in [5.41, 5.74) is 6.28. The van der Waals surface area contributed by atoms with Crippen LogP contribution < -0.4 is 4.52 Å². The first-order valence-electron chi connectivity index (χ1n) is 9.83. The lowest BCUT2D eigenvalue weighted by Gasteiger charge is -2.23. The van der Waals surface area contributed by atoms with Crippen molar-refractivity contribution in [2.24, 2.45) is 0 Å². The SMILES string of the molecule is CC(c1ccccc1)c1ccc(OP(O)O)c(-c2ccccc2)c1-c1ccccc1. The van der Waals surface area contributed by atoms with Crippen molar-refractivity contribution in [3.05, 3.63) is 114 Å². The Kier molecular flexibility index (Phi) is 6.25. The molecule has 4 heteroatoms. The zero-order chi connectivity index (χ0) is 20.9. The zero-order valence-corrected chi connectivity index (χ0v) is 17.5. The molecule has 4 aromatic carbocycles. The van der Waals surface area contributed by atoms with Crippen molar-refractivity contribution in [3.63, 3.8) is 0 Å². The van der Waals surface area contributed by atoms with Crippen LogP contribution in [0, 0.1) is 0 Å². The predicted molar refractivity (Wildman–Crippen MR) is 123 cm³/mol. The van der Waals surface area contributed by atoms with Crippen LogP contribution in [0.2, 0.25) is 0 Å². The van der Waals surface area contributed by atoms with E-state index in [0.29, 0.717) is 5.75 Å². The Morgan fingerprint density at radius 3 is 1.67 bits per heavy atom. The molecule has 0 amide bonds. The Labute approximate surface area is 178 Å². The van der Waals surface area contributed by atoms with Crippen molar-refractivity contribution in [2.75, 3.05) is 0 Å². The van der Waals surface area contributed by atoms with Crippen LogP contribution in [0.5, 0.6) is 5.75 Å². The Bertz CT molecular complexity index is 1100. The molecular formula is C26H23O3P. The lowest BCUT2D eigenvalue weighted by Crippen LogP contribution is -2.02. The fourth-order valence-corrected chi connectivity index (χ4v) is 4.18. The molecule has 2 N–H and O–H groups in total. The van der Waals surface area contributed by atoms with E-state index in [4.69, 9.17) is 4.52 Å². The predicted octanol–water partition coefficient (Wildman–Crippen LogP) is 6.76. The average Bonchev–Trinajstić information content (AvgIpc) is 2.79. The van der Waals surface area contributed by atoms with Gasteiger partial charge in [-0.2, -0.15) is 0 Å².